The summed E-state index contributed by atoms with van der Waals surface area (Å²) in [6.07, 6.45) is 3.69. The number of halogens is 1. The topological polar surface area (TPSA) is 109 Å². The lowest BCUT2D eigenvalue weighted by atomic mass is 9.45. The summed E-state index contributed by atoms with van der Waals surface area (Å²) in [6.45, 7) is 5.18. The van der Waals surface area contributed by atoms with Gasteiger partial charge in [0.05, 0.1) is 11.0 Å². The Hall–Kier alpha value is -1.63. The SMILES string of the molecule is CC1C[C@H]2[C@@H]3CC(=O)C4=CC(=O)C=C[C@]4(C)[C@@]3(Cl)C(O)C[C@]2(C)[C@@]1(O)C(=O)C=O. The van der Waals surface area contributed by atoms with Crippen LogP contribution in [0.4, 0.5) is 0 Å². The molecule has 7 heteroatoms. The van der Waals surface area contributed by atoms with Crippen LogP contribution in [0, 0.1) is 28.6 Å². The number of aliphatic hydroxyl groups is 2. The van der Waals surface area contributed by atoms with Crippen molar-refractivity contribution in [2.75, 3.05) is 0 Å². The molecule has 156 valence electrons. The van der Waals surface area contributed by atoms with E-state index < -0.39 is 45.0 Å². The zero-order valence-electron chi connectivity index (χ0n) is 16.6. The van der Waals surface area contributed by atoms with Crippen molar-refractivity contribution in [3.63, 3.8) is 0 Å². The Morgan fingerprint density at radius 1 is 1.28 bits per heavy atom. The third-order valence-corrected chi connectivity index (χ3v) is 9.47. The fraction of sp³-hybridized carbons (Fsp3) is 0.636. The monoisotopic (exact) mass is 420 g/mol. The van der Waals surface area contributed by atoms with Crippen molar-refractivity contribution in [3.8, 4) is 0 Å². The van der Waals surface area contributed by atoms with Crippen LogP contribution in [-0.4, -0.2) is 50.4 Å². The minimum Gasteiger partial charge on any atom is -0.391 e. The number of rotatable bonds is 2. The fourth-order valence-electron chi connectivity index (χ4n) is 6.99. The van der Waals surface area contributed by atoms with Gasteiger partial charge in [-0.15, -0.1) is 11.6 Å². The molecule has 3 saturated carbocycles. The Bertz CT molecular complexity index is 907. The highest BCUT2D eigenvalue weighted by molar-refractivity contribution is 6.30. The van der Waals surface area contributed by atoms with Gasteiger partial charge < -0.3 is 10.2 Å². The van der Waals surface area contributed by atoms with Crippen LogP contribution in [0.3, 0.4) is 0 Å². The molecule has 4 aliphatic rings. The first-order chi connectivity index (χ1) is 13.4. The lowest BCUT2D eigenvalue weighted by molar-refractivity contribution is -0.177. The van der Waals surface area contributed by atoms with E-state index in [4.69, 9.17) is 11.6 Å². The number of fused-ring (bicyclic) bond motifs is 5. The molecule has 2 unspecified atom stereocenters. The standard InChI is InChI=1S/C22H25ClO6/c1-11-6-13-14-8-16(26)15-7-12(25)4-5-19(15,2)21(14,23)17(27)9-20(13,3)22(11,29)18(28)10-24/h4-5,7,10-11,13-14,17,27,29H,6,8-9H2,1-3H3/t11?,13-,14-,17?,19-,20-,21-,22-/m0/s1. The molecule has 0 aromatic carbocycles. The molecule has 0 aliphatic heterocycles. The normalized spacial score (nSPS) is 51.0. The van der Waals surface area contributed by atoms with E-state index in [2.05, 4.69) is 0 Å². The van der Waals surface area contributed by atoms with Crippen molar-refractivity contribution in [2.24, 2.45) is 28.6 Å². The van der Waals surface area contributed by atoms with E-state index in [1.807, 2.05) is 0 Å². The summed E-state index contributed by atoms with van der Waals surface area (Å²) in [6, 6.07) is 0. The number of allylic oxidation sites excluding steroid dienone is 4. The van der Waals surface area contributed by atoms with E-state index in [1.54, 1.807) is 26.8 Å². The van der Waals surface area contributed by atoms with E-state index in [0.717, 1.165) is 0 Å². The van der Waals surface area contributed by atoms with E-state index >= 15 is 0 Å². The van der Waals surface area contributed by atoms with Crippen LogP contribution >= 0.6 is 11.6 Å². The van der Waals surface area contributed by atoms with Gasteiger partial charge in [0.15, 0.2) is 17.9 Å². The summed E-state index contributed by atoms with van der Waals surface area (Å²) >= 11 is 7.20. The average Bonchev–Trinajstić information content (AvgIpc) is 2.86. The summed E-state index contributed by atoms with van der Waals surface area (Å²) < 4.78 is 0. The molecule has 8 atom stereocenters. The third kappa shape index (κ3) is 2.15. The predicted octanol–water partition coefficient (Wildman–Crippen LogP) is 1.55. The van der Waals surface area contributed by atoms with Crippen LogP contribution in [0.15, 0.2) is 23.8 Å². The summed E-state index contributed by atoms with van der Waals surface area (Å²) in [5, 5.41) is 22.7. The molecule has 0 spiro atoms. The second-order valence-corrected chi connectivity index (χ2v) is 10.3. The van der Waals surface area contributed by atoms with Crippen molar-refractivity contribution in [1.82, 2.24) is 0 Å². The molecule has 0 aromatic rings. The molecular formula is C22H25ClO6. The summed E-state index contributed by atoms with van der Waals surface area (Å²) in [7, 11) is 0. The maximum absolute atomic E-state index is 13.0. The van der Waals surface area contributed by atoms with Crippen LogP contribution in [0.2, 0.25) is 0 Å². The highest BCUT2D eigenvalue weighted by atomic mass is 35.5. The van der Waals surface area contributed by atoms with Gasteiger partial charge in [0.25, 0.3) is 0 Å². The van der Waals surface area contributed by atoms with Crippen molar-refractivity contribution in [3.05, 3.63) is 23.8 Å². The van der Waals surface area contributed by atoms with Gasteiger partial charge in [-0.3, -0.25) is 19.2 Å². The second-order valence-electron chi connectivity index (χ2n) is 9.63. The highest BCUT2D eigenvalue weighted by Gasteiger charge is 2.75. The summed E-state index contributed by atoms with van der Waals surface area (Å²) in [5.74, 6) is -2.80. The van der Waals surface area contributed by atoms with E-state index in [1.165, 1.54) is 12.2 Å². The maximum Gasteiger partial charge on any atom is 0.227 e. The quantitative estimate of drug-likeness (QED) is 0.398. The molecule has 3 fully saturated rings. The Kier molecular flexibility index (Phi) is 4.24. The van der Waals surface area contributed by atoms with Crippen molar-refractivity contribution >= 4 is 35.2 Å². The number of carbonyl (C=O) groups excluding carboxylic acids is 4. The molecule has 0 heterocycles. The fourth-order valence-corrected chi connectivity index (χ4v) is 7.46. The first-order valence-corrected chi connectivity index (χ1v) is 10.3. The first kappa shape index (κ1) is 20.6. The van der Waals surface area contributed by atoms with Gasteiger partial charge in [0.2, 0.25) is 5.78 Å². The number of hydrogen-bond acceptors (Lipinski definition) is 6. The van der Waals surface area contributed by atoms with Gasteiger partial charge in [-0.2, -0.15) is 0 Å². The van der Waals surface area contributed by atoms with Gasteiger partial charge in [0, 0.05) is 22.8 Å². The minimum atomic E-state index is -1.92. The zero-order valence-corrected chi connectivity index (χ0v) is 17.4. The number of aliphatic hydroxyl groups excluding tert-OH is 1. The van der Waals surface area contributed by atoms with Crippen LogP contribution < -0.4 is 0 Å². The number of ketones is 3. The van der Waals surface area contributed by atoms with E-state index in [-0.39, 0.29) is 36.6 Å². The van der Waals surface area contributed by atoms with Gasteiger partial charge in [-0.1, -0.05) is 26.8 Å². The van der Waals surface area contributed by atoms with E-state index in [0.29, 0.717) is 12.0 Å². The third-order valence-electron chi connectivity index (χ3n) is 8.55. The van der Waals surface area contributed by atoms with Gasteiger partial charge >= 0.3 is 0 Å². The lowest BCUT2D eigenvalue weighted by Crippen LogP contribution is -2.70. The molecule has 0 aromatic heterocycles. The number of hydrogen-bond donors (Lipinski definition) is 2. The maximum atomic E-state index is 13.0. The Balaban J connectivity index is 1.89. The van der Waals surface area contributed by atoms with Crippen LogP contribution in [0.5, 0.6) is 0 Å². The molecular weight excluding hydrogens is 396 g/mol. The second kappa shape index (κ2) is 5.96. The minimum absolute atomic E-state index is 0.0108. The zero-order chi connectivity index (χ0) is 21.6. The molecule has 0 saturated heterocycles. The Labute approximate surface area is 174 Å². The lowest BCUT2D eigenvalue weighted by Gasteiger charge is -2.63. The summed E-state index contributed by atoms with van der Waals surface area (Å²) in [4.78, 5) is 47.4. The molecule has 0 bridgehead atoms. The van der Waals surface area contributed by atoms with Crippen LogP contribution in [-0.2, 0) is 19.2 Å². The molecule has 6 nitrogen and oxygen atoms in total. The van der Waals surface area contributed by atoms with Crippen molar-refractivity contribution < 1.29 is 29.4 Å². The molecule has 0 amide bonds. The van der Waals surface area contributed by atoms with Crippen LogP contribution in [0.1, 0.15) is 40.0 Å². The summed E-state index contributed by atoms with van der Waals surface area (Å²) in [5.41, 5.74) is -3.78. The molecule has 4 rings (SSSR count). The highest BCUT2D eigenvalue weighted by Crippen LogP contribution is 2.70. The number of alkyl halides is 1. The molecule has 29 heavy (non-hydrogen) atoms. The molecule has 0 radical (unpaired) electrons. The number of aldehydes is 1. The molecule has 4 aliphatic carbocycles. The number of carbonyl (C=O) groups is 4. The van der Waals surface area contributed by atoms with Crippen LogP contribution in [0.25, 0.3) is 0 Å². The van der Waals surface area contributed by atoms with Gasteiger partial charge in [-0.05, 0) is 42.7 Å². The van der Waals surface area contributed by atoms with E-state index in [9.17, 15) is 29.4 Å². The van der Waals surface area contributed by atoms with Crippen molar-refractivity contribution in [2.45, 2.75) is 56.6 Å². The van der Waals surface area contributed by atoms with Gasteiger partial charge in [0.1, 0.15) is 5.60 Å². The average molecular weight is 421 g/mol. The Morgan fingerprint density at radius 2 is 1.93 bits per heavy atom. The first-order valence-electron chi connectivity index (χ1n) is 9.95. The number of Topliss-reactive ketones (excluding diaryl/α,β-unsaturated/α-hetero) is 2. The largest absolute Gasteiger partial charge is 0.391 e. The van der Waals surface area contributed by atoms with Gasteiger partial charge in [-0.25, -0.2) is 0 Å². The Morgan fingerprint density at radius 3 is 2.55 bits per heavy atom. The molecule has 2 N–H and O–H groups in total. The predicted molar refractivity (Wildman–Crippen MR) is 104 cm³/mol. The smallest absolute Gasteiger partial charge is 0.227 e. The van der Waals surface area contributed by atoms with Crippen molar-refractivity contribution in [1.29, 1.82) is 0 Å².